The first kappa shape index (κ1) is 12.8. The van der Waals surface area contributed by atoms with Gasteiger partial charge in [0.15, 0.2) is 6.29 Å². The predicted molar refractivity (Wildman–Crippen MR) is 52.1 cm³/mol. The van der Waals surface area contributed by atoms with Gasteiger partial charge in [-0.2, -0.15) is 0 Å². The molecule has 4 atom stereocenters. The van der Waals surface area contributed by atoms with Crippen LogP contribution in [0.4, 0.5) is 0 Å². The van der Waals surface area contributed by atoms with Gasteiger partial charge in [-0.15, -0.1) is 0 Å². The summed E-state index contributed by atoms with van der Waals surface area (Å²) < 4.78 is 5.07. The second-order valence-corrected chi connectivity index (χ2v) is 3.70. The Bertz CT molecular complexity index is 180. The molecular weight excluding hydrogens is 202 g/mol. The topological polar surface area (TPSA) is 102 Å². The zero-order chi connectivity index (χ0) is 11.3. The maximum atomic E-state index is 9.54. The molecule has 6 nitrogen and oxygen atoms in total. The highest BCUT2D eigenvalue weighted by Gasteiger charge is 2.35. The quantitative estimate of drug-likeness (QED) is 0.337. The van der Waals surface area contributed by atoms with Gasteiger partial charge in [-0.3, -0.25) is 0 Å². The molecule has 5 N–H and O–H groups in total. The molecular formula is C9H19NO5. The van der Waals surface area contributed by atoms with Crippen LogP contribution < -0.4 is 5.32 Å². The molecule has 0 aromatic rings. The molecule has 0 radical (unpaired) electrons. The van der Waals surface area contributed by atoms with Crippen LogP contribution in [0, 0.1) is 0 Å². The van der Waals surface area contributed by atoms with Gasteiger partial charge in [0.25, 0.3) is 0 Å². The van der Waals surface area contributed by atoms with E-state index in [2.05, 4.69) is 5.32 Å². The molecule has 6 heteroatoms. The Balaban J connectivity index is 2.26. The van der Waals surface area contributed by atoms with Crippen molar-refractivity contribution in [1.29, 1.82) is 0 Å². The van der Waals surface area contributed by atoms with Crippen molar-refractivity contribution in [2.24, 2.45) is 0 Å². The largest absolute Gasteiger partial charge is 0.396 e. The third kappa shape index (κ3) is 4.02. The van der Waals surface area contributed by atoms with Crippen molar-refractivity contribution in [2.45, 2.75) is 37.4 Å². The molecule has 0 aromatic heterocycles. The Kier molecular flexibility index (Phi) is 5.44. The van der Waals surface area contributed by atoms with Crippen LogP contribution in [-0.2, 0) is 4.74 Å². The molecule has 1 rings (SSSR count). The van der Waals surface area contributed by atoms with E-state index in [4.69, 9.17) is 9.84 Å². The lowest BCUT2D eigenvalue weighted by molar-refractivity contribution is -0.230. The van der Waals surface area contributed by atoms with Gasteiger partial charge < -0.3 is 30.5 Å². The summed E-state index contributed by atoms with van der Waals surface area (Å²) in [6.45, 7) is 1.05. The first-order chi connectivity index (χ1) is 7.15. The maximum absolute atomic E-state index is 9.54. The Morgan fingerprint density at radius 1 is 1.27 bits per heavy atom. The minimum Gasteiger partial charge on any atom is -0.396 e. The van der Waals surface area contributed by atoms with Crippen molar-refractivity contribution >= 4 is 0 Å². The zero-order valence-electron chi connectivity index (χ0n) is 8.54. The van der Waals surface area contributed by atoms with Crippen molar-refractivity contribution < 1.29 is 25.2 Å². The van der Waals surface area contributed by atoms with Gasteiger partial charge in [0.2, 0.25) is 0 Å². The van der Waals surface area contributed by atoms with Crippen LogP contribution >= 0.6 is 0 Å². The molecule has 1 aliphatic rings. The van der Waals surface area contributed by atoms with Crippen molar-refractivity contribution in [3.63, 3.8) is 0 Å². The van der Waals surface area contributed by atoms with Gasteiger partial charge in [-0.05, 0) is 13.0 Å². The van der Waals surface area contributed by atoms with E-state index >= 15 is 0 Å². The fraction of sp³-hybridized carbons (Fsp3) is 1.00. The average molecular weight is 221 g/mol. The van der Waals surface area contributed by atoms with E-state index in [-0.39, 0.29) is 13.0 Å². The molecule has 1 fully saturated rings. The van der Waals surface area contributed by atoms with Gasteiger partial charge in [0.1, 0.15) is 12.2 Å². The first-order valence-electron chi connectivity index (χ1n) is 5.16. The molecule has 90 valence electrons. The van der Waals surface area contributed by atoms with Crippen molar-refractivity contribution in [3.05, 3.63) is 0 Å². The lowest BCUT2D eigenvalue weighted by Gasteiger charge is -2.35. The predicted octanol–water partition coefficient (Wildman–Crippen LogP) is -2.21. The second-order valence-electron chi connectivity index (χ2n) is 3.70. The standard InChI is InChI=1S/C9H19NO5/c11-3-1-2-10-5-7-9(14)6(12)4-8(13)15-7/h6-14H,1-5H2/t6?,7?,8-,9-/m0/s1. The van der Waals surface area contributed by atoms with E-state index in [9.17, 15) is 15.3 Å². The smallest absolute Gasteiger partial charge is 0.157 e. The number of hydrogen-bond donors (Lipinski definition) is 5. The second kappa shape index (κ2) is 6.37. The number of rotatable bonds is 5. The summed E-state index contributed by atoms with van der Waals surface area (Å²) in [5.41, 5.74) is 0. The van der Waals surface area contributed by atoms with Gasteiger partial charge >= 0.3 is 0 Å². The van der Waals surface area contributed by atoms with E-state index in [1.54, 1.807) is 0 Å². The summed E-state index contributed by atoms with van der Waals surface area (Å²) in [6, 6.07) is 0. The average Bonchev–Trinajstić information content (AvgIpc) is 2.19. The minimum absolute atomic E-state index is 0.0360. The normalized spacial score (nSPS) is 36.8. The summed E-state index contributed by atoms with van der Waals surface area (Å²) in [6.07, 6.45) is -2.90. The van der Waals surface area contributed by atoms with E-state index in [1.807, 2.05) is 0 Å². The van der Waals surface area contributed by atoms with Crippen LogP contribution in [0.2, 0.25) is 0 Å². The highest BCUT2D eigenvalue weighted by atomic mass is 16.6. The Morgan fingerprint density at radius 3 is 2.67 bits per heavy atom. The summed E-state index contributed by atoms with van der Waals surface area (Å²) in [5.74, 6) is 0. The molecule has 0 saturated carbocycles. The summed E-state index contributed by atoms with van der Waals surface area (Å²) in [7, 11) is 0. The molecule has 2 unspecified atom stereocenters. The molecule has 1 saturated heterocycles. The fourth-order valence-electron chi connectivity index (χ4n) is 1.55. The molecule has 0 aromatic carbocycles. The van der Waals surface area contributed by atoms with Crippen molar-refractivity contribution in [2.75, 3.05) is 19.7 Å². The lowest BCUT2D eigenvalue weighted by atomic mass is 10.0. The van der Waals surface area contributed by atoms with Crippen LogP contribution in [0.15, 0.2) is 0 Å². The minimum atomic E-state index is -1.02. The number of hydrogen-bond acceptors (Lipinski definition) is 6. The Hall–Kier alpha value is -0.240. The van der Waals surface area contributed by atoms with Gasteiger partial charge in [0, 0.05) is 19.6 Å². The monoisotopic (exact) mass is 221 g/mol. The highest BCUT2D eigenvalue weighted by Crippen LogP contribution is 2.18. The molecule has 0 bridgehead atoms. The number of nitrogens with one attached hydrogen (secondary N) is 1. The molecule has 0 amide bonds. The van der Waals surface area contributed by atoms with Crippen LogP contribution in [0.1, 0.15) is 12.8 Å². The number of aliphatic hydroxyl groups excluding tert-OH is 4. The summed E-state index contributed by atoms with van der Waals surface area (Å²) in [5, 5.41) is 39.6. The van der Waals surface area contributed by atoms with Gasteiger partial charge in [-0.1, -0.05) is 0 Å². The number of ether oxygens (including phenoxy) is 1. The van der Waals surface area contributed by atoms with E-state index in [0.29, 0.717) is 19.5 Å². The summed E-state index contributed by atoms with van der Waals surface area (Å²) >= 11 is 0. The molecule has 0 aliphatic carbocycles. The third-order valence-corrected chi connectivity index (χ3v) is 2.41. The molecule has 1 heterocycles. The number of aliphatic hydroxyl groups is 4. The van der Waals surface area contributed by atoms with Gasteiger partial charge in [0.05, 0.1) is 6.10 Å². The molecule has 0 spiro atoms. The Morgan fingerprint density at radius 2 is 2.00 bits per heavy atom. The van der Waals surface area contributed by atoms with Crippen LogP contribution in [0.3, 0.4) is 0 Å². The van der Waals surface area contributed by atoms with E-state index in [0.717, 1.165) is 0 Å². The van der Waals surface area contributed by atoms with E-state index < -0.39 is 24.6 Å². The first-order valence-corrected chi connectivity index (χ1v) is 5.16. The van der Waals surface area contributed by atoms with Crippen LogP contribution in [0.5, 0.6) is 0 Å². The third-order valence-electron chi connectivity index (χ3n) is 2.41. The highest BCUT2D eigenvalue weighted by molar-refractivity contribution is 4.83. The SMILES string of the molecule is OCCCNCC1O[C@H](O)CC(O)[C@@H]1O. The maximum Gasteiger partial charge on any atom is 0.157 e. The Labute approximate surface area is 88.5 Å². The van der Waals surface area contributed by atoms with Crippen molar-refractivity contribution in [1.82, 2.24) is 5.32 Å². The summed E-state index contributed by atoms with van der Waals surface area (Å²) in [4.78, 5) is 0. The molecule has 15 heavy (non-hydrogen) atoms. The van der Waals surface area contributed by atoms with Gasteiger partial charge in [-0.25, -0.2) is 0 Å². The van der Waals surface area contributed by atoms with Crippen molar-refractivity contribution in [3.8, 4) is 0 Å². The zero-order valence-corrected chi connectivity index (χ0v) is 8.54. The fourth-order valence-corrected chi connectivity index (χ4v) is 1.55. The van der Waals surface area contributed by atoms with Crippen LogP contribution in [0.25, 0.3) is 0 Å². The van der Waals surface area contributed by atoms with E-state index in [1.165, 1.54) is 0 Å². The lowest BCUT2D eigenvalue weighted by Crippen LogP contribution is -2.52. The molecule has 1 aliphatic heterocycles. The van der Waals surface area contributed by atoms with Crippen LogP contribution in [-0.4, -0.2) is 64.7 Å².